The lowest BCUT2D eigenvalue weighted by Crippen LogP contribution is -2.33. The number of aromatic nitrogens is 4. The summed E-state index contributed by atoms with van der Waals surface area (Å²) in [5, 5.41) is 8.21. The van der Waals surface area contributed by atoms with Crippen molar-refractivity contribution in [1.82, 2.24) is 25.1 Å². The molecule has 1 atom stereocenters. The second-order valence-corrected chi connectivity index (χ2v) is 6.74. The molecule has 4 aromatic rings. The number of fused-ring (bicyclic) bond motifs is 1. The van der Waals surface area contributed by atoms with Crippen LogP contribution in [-0.2, 0) is 6.54 Å². The lowest BCUT2D eigenvalue weighted by molar-refractivity contribution is 0.122. The number of H-pyrrole nitrogens is 1. The summed E-state index contributed by atoms with van der Waals surface area (Å²) in [4.78, 5) is 10.2. The fourth-order valence-corrected chi connectivity index (χ4v) is 3.64. The summed E-state index contributed by atoms with van der Waals surface area (Å²) < 4.78 is 24.5. The molecular weight excluding hydrogens is 349 g/mol. The van der Waals surface area contributed by atoms with Crippen LogP contribution in [0.3, 0.4) is 0 Å². The summed E-state index contributed by atoms with van der Waals surface area (Å²) in [5.74, 6) is 2.05. The van der Waals surface area contributed by atoms with E-state index in [0.29, 0.717) is 29.6 Å². The van der Waals surface area contributed by atoms with Gasteiger partial charge in [-0.25, -0.2) is 9.37 Å². The van der Waals surface area contributed by atoms with E-state index in [-0.39, 0.29) is 11.9 Å². The van der Waals surface area contributed by atoms with Crippen molar-refractivity contribution >= 4 is 11.0 Å². The standard InChI is InChI=1S/C19H18FN5O2/c20-12-6-7-13-14(10-12)22-18(21-13)15-4-1-2-8-25(15)11-17-23-24-19(27-17)16-5-3-9-26-16/h3,5-7,9-10,15H,1-2,4,8,11H2,(H,21,22)/t15-/m0/s1. The quantitative estimate of drug-likeness (QED) is 0.585. The van der Waals surface area contributed by atoms with E-state index < -0.39 is 0 Å². The van der Waals surface area contributed by atoms with Crippen molar-refractivity contribution in [2.45, 2.75) is 31.8 Å². The van der Waals surface area contributed by atoms with E-state index in [1.165, 1.54) is 12.1 Å². The topological polar surface area (TPSA) is 84.0 Å². The maximum Gasteiger partial charge on any atom is 0.283 e. The van der Waals surface area contributed by atoms with E-state index >= 15 is 0 Å². The van der Waals surface area contributed by atoms with Gasteiger partial charge >= 0.3 is 0 Å². The van der Waals surface area contributed by atoms with Crippen LogP contribution in [-0.4, -0.2) is 31.6 Å². The predicted octanol–water partition coefficient (Wildman–Crippen LogP) is 4.07. The number of benzene rings is 1. The fraction of sp³-hybridized carbons (Fsp3) is 0.316. The highest BCUT2D eigenvalue weighted by molar-refractivity contribution is 5.75. The molecule has 1 aliphatic heterocycles. The first-order valence-electron chi connectivity index (χ1n) is 9.02. The molecule has 0 amide bonds. The van der Waals surface area contributed by atoms with Crippen LogP contribution in [0.4, 0.5) is 4.39 Å². The first kappa shape index (κ1) is 16.2. The second kappa shape index (κ2) is 6.62. The summed E-state index contributed by atoms with van der Waals surface area (Å²) in [6.07, 6.45) is 4.77. The number of nitrogens with one attached hydrogen (secondary N) is 1. The normalized spacial score (nSPS) is 18.3. The highest BCUT2D eigenvalue weighted by atomic mass is 19.1. The average Bonchev–Trinajstić information content (AvgIpc) is 3.42. The van der Waals surface area contributed by atoms with Crippen LogP contribution in [0.2, 0.25) is 0 Å². The van der Waals surface area contributed by atoms with E-state index in [4.69, 9.17) is 8.83 Å². The van der Waals surface area contributed by atoms with Gasteiger partial charge in [-0.15, -0.1) is 10.2 Å². The summed E-state index contributed by atoms with van der Waals surface area (Å²) in [5.41, 5.74) is 1.49. The zero-order chi connectivity index (χ0) is 18.2. The molecule has 0 bridgehead atoms. The number of nitrogens with zero attached hydrogens (tertiary/aromatic N) is 4. The number of hydrogen-bond acceptors (Lipinski definition) is 6. The number of hydrogen-bond donors (Lipinski definition) is 1. The largest absolute Gasteiger partial charge is 0.459 e. The van der Waals surface area contributed by atoms with Gasteiger partial charge in [0.25, 0.3) is 5.89 Å². The minimum Gasteiger partial charge on any atom is -0.459 e. The molecule has 138 valence electrons. The summed E-state index contributed by atoms with van der Waals surface area (Å²) >= 11 is 0. The van der Waals surface area contributed by atoms with Gasteiger partial charge in [0.1, 0.15) is 11.6 Å². The average molecular weight is 367 g/mol. The molecule has 0 spiro atoms. The molecule has 1 fully saturated rings. The van der Waals surface area contributed by atoms with Gasteiger partial charge < -0.3 is 13.8 Å². The van der Waals surface area contributed by atoms with Crippen molar-refractivity contribution in [3.63, 3.8) is 0 Å². The molecule has 1 aromatic carbocycles. The summed E-state index contributed by atoms with van der Waals surface area (Å²) in [7, 11) is 0. The Labute approximate surface area is 154 Å². The molecule has 3 aromatic heterocycles. The molecule has 8 heteroatoms. The predicted molar refractivity (Wildman–Crippen MR) is 95.1 cm³/mol. The Balaban J connectivity index is 1.40. The lowest BCUT2D eigenvalue weighted by Gasteiger charge is -2.33. The van der Waals surface area contributed by atoms with Crippen molar-refractivity contribution in [1.29, 1.82) is 0 Å². The van der Waals surface area contributed by atoms with Gasteiger partial charge in [0, 0.05) is 0 Å². The first-order valence-corrected chi connectivity index (χ1v) is 9.02. The zero-order valence-corrected chi connectivity index (χ0v) is 14.6. The molecule has 27 heavy (non-hydrogen) atoms. The number of imidazole rings is 1. The molecular formula is C19H18FN5O2. The second-order valence-electron chi connectivity index (χ2n) is 6.74. The molecule has 4 heterocycles. The molecule has 1 N–H and O–H groups in total. The number of halogens is 1. The highest BCUT2D eigenvalue weighted by Gasteiger charge is 2.28. The van der Waals surface area contributed by atoms with Crippen LogP contribution in [0.25, 0.3) is 22.7 Å². The first-order chi connectivity index (χ1) is 13.3. The van der Waals surface area contributed by atoms with Crippen molar-refractivity contribution in [3.8, 4) is 11.7 Å². The molecule has 0 aliphatic carbocycles. The lowest BCUT2D eigenvalue weighted by atomic mass is 10.0. The number of rotatable bonds is 4. The van der Waals surface area contributed by atoms with Gasteiger partial charge in [-0.3, -0.25) is 4.90 Å². The Hall–Kier alpha value is -3.00. The molecule has 7 nitrogen and oxygen atoms in total. The van der Waals surface area contributed by atoms with Crippen LogP contribution >= 0.6 is 0 Å². The van der Waals surface area contributed by atoms with Crippen LogP contribution in [0.5, 0.6) is 0 Å². The fourth-order valence-electron chi connectivity index (χ4n) is 3.64. The minimum absolute atomic E-state index is 0.105. The van der Waals surface area contributed by atoms with Gasteiger partial charge in [0.05, 0.1) is 29.9 Å². The van der Waals surface area contributed by atoms with Crippen molar-refractivity contribution in [2.75, 3.05) is 6.54 Å². The Morgan fingerprint density at radius 2 is 2.19 bits per heavy atom. The van der Waals surface area contributed by atoms with Gasteiger partial charge in [-0.1, -0.05) is 6.42 Å². The monoisotopic (exact) mass is 367 g/mol. The SMILES string of the molecule is Fc1ccc2nc([C@@H]3CCCCN3Cc3nnc(-c4ccco4)o3)[nH]c2c1. The third-order valence-corrected chi connectivity index (χ3v) is 4.93. The third kappa shape index (κ3) is 3.12. The van der Waals surface area contributed by atoms with Gasteiger partial charge in [-0.2, -0.15) is 0 Å². The van der Waals surface area contributed by atoms with Crippen molar-refractivity contribution < 1.29 is 13.2 Å². The number of furan rings is 1. The van der Waals surface area contributed by atoms with Gasteiger partial charge in [-0.05, 0) is 49.7 Å². The maximum absolute atomic E-state index is 13.5. The third-order valence-electron chi connectivity index (χ3n) is 4.93. The van der Waals surface area contributed by atoms with Gasteiger partial charge in [0.2, 0.25) is 5.89 Å². The van der Waals surface area contributed by atoms with Crippen molar-refractivity contribution in [2.24, 2.45) is 0 Å². The van der Waals surface area contributed by atoms with Crippen molar-refractivity contribution in [3.05, 3.63) is 54.1 Å². The molecule has 0 radical (unpaired) electrons. The maximum atomic E-state index is 13.5. The molecule has 5 rings (SSSR count). The highest BCUT2D eigenvalue weighted by Crippen LogP contribution is 2.32. The van der Waals surface area contributed by atoms with E-state index in [0.717, 1.165) is 37.1 Å². The molecule has 0 saturated carbocycles. The molecule has 0 unspecified atom stereocenters. The Morgan fingerprint density at radius 1 is 1.22 bits per heavy atom. The summed E-state index contributed by atoms with van der Waals surface area (Å²) in [6.45, 7) is 1.44. The van der Waals surface area contributed by atoms with Crippen LogP contribution < -0.4 is 0 Å². The van der Waals surface area contributed by atoms with Crippen LogP contribution in [0.1, 0.15) is 37.0 Å². The smallest absolute Gasteiger partial charge is 0.283 e. The van der Waals surface area contributed by atoms with E-state index in [9.17, 15) is 4.39 Å². The number of likely N-dealkylation sites (tertiary alicyclic amines) is 1. The van der Waals surface area contributed by atoms with E-state index in [1.54, 1.807) is 24.5 Å². The molecule has 1 aliphatic rings. The van der Waals surface area contributed by atoms with E-state index in [1.807, 2.05) is 0 Å². The Kier molecular flexibility index (Phi) is 3.97. The number of piperidine rings is 1. The minimum atomic E-state index is -0.269. The van der Waals surface area contributed by atoms with Gasteiger partial charge in [0.15, 0.2) is 5.76 Å². The van der Waals surface area contributed by atoms with Crippen LogP contribution in [0, 0.1) is 5.82 Å². The molecule has 1 saturated heterocycles. The summed E-state index contributed by atoms with van der Waals surface area (Å²) in [6, 6.07) is 8.28. The van der Waals surface area contributed by atoms with Crippen LogP contribution in [0.15, 0.2) is 45.4 Å². The Bertz CT molecular complexity index is 1060. The Morgan fingerprint density at radius 3 is 3.07 bits per heavy atom. The van der Waals surface area contributed by atoms with E-state index in [2.05, 4.69) is 25.1 Å². The number of aromatic amines is 1. The zero-order valence-electron chi connectivity index (χ0n) is 14.6.